The van der Waals surface area contributed by atoms with Crippen molar-refractivity contribution in [3.63, 3.8) is 0 Å². The zero-order chi connectivity index (χ0) is 29.4. The molecule has 40 heavy (non-hydrogen) atoms. The van der Waals surface area contributed by atoms with E-state index < -0.39 is 28.5 Å². The van der Waals surface area contributed by atoms with Crippen molar-refractivity contribution < 1.29 is 18.0 Å². The van der Waals surface area contributed by atoms with Crippen molar-refractivity contribution in [1.29, 1.82) is 0 Å². The quantitative estimate of drug-likeness (QED) is 0.247. The lowest BCUT2D eigenvalue weighted by Crippen LogP contribution is -2.53. The van der Waals surface area contributed by atoms with Crippen LogP contribution in [0.2, 0.25) is 15.1 Å². The first-order valence-corrected chi connectivity index (χ1v) is 15.4. The van der Waals surface area contributed by atoms with Gasteiger partial charge in [0.05, 0.1) is 20.6 Å². The highest BCUT2D eigenvalue weighted by atomic mass is 35.5. The van der Waals surface area contributed by atoms with E-state index in [1.165, 1.54) is 35.2 Å². The number of nitrogens with zero attached hydrogens (tertiary/aromatic N) is 2. The fraction of sp³-hybridized carbons (Fsp3) is 0.310. The van der Waals surface area contributed by atoms with E-state index in [1.54, 1.807) is 49.4 Å². The van der Waals surface area contributed by atoms with Crippen molar-refractivity contribution in [2.45, 2.75) is 57.1 Å². The molecular formula is C29H32Cl3N3O4S. The maximum Gasteiger partial charge on any atom is 0.264 e. The van der Waals surface area contributed by atoms with Gasteiger partial charge in [0.1, 0.15) is 12.6 Å². The van der Waals surface area contributed by atoms with Crippen LogP contribution in [0.4, 0.5) is 5.69 Å². The van der Waals surface area contributed by atoms with Gasteiger partial charge in [-0.15, -0.1) is 0 Å². The molecule has 0 aliphatic heterocycles. The summed E-state index contributed by atoms with van der Waals surface area (Å²) < 4.78 is 28.6. The number of carbonyl (C=O) groups excluding carboxylic acids is 2. The Bertz CT molecular complexity index is 1440. The maximum atomic E-state index is 14.1. The van der Waals surface area contributed by atoms with Crippen molar-refractivity contribution in [1.82, 2.24) is 10.2 Å². The van der Waals surface area contributed by atoms with Crippen LogP contribution in [-0.4, -0.2) is 43.8 Å². The molecule has 214 valence electrons. The lowest BCUT2D eigenvalue weighted by atomic mass is 10.1. The van der Waals surface area contributed by atoms with E-state index >= 15 is 0 Å². The van der Waals surface area contributed by atoms with Gasteiger partial charge in [0, 0.05) is 17.6 Å². The average molecular weight is 625 g/mol. The van der Waals surface area contributed by atoms with Crippen LogP contribution >= 0.6 is 34.8 Å². The SMILES string of the molecule is CC[C@@H](C)NC(=O)[C@H](CC)N(Cc1ccccc1Cl)C(=O)CN(c1ccc(Cl)c(Cl)c1)S(=O)(=O)c1ccccc1. The molecule has 3 rings (SSSR count). The van der Waals surface area contributed by atoms with Gasteiger partial charge >= 0.3 is 0 Å². The number of nitrogens with one attached hydrogen (secondary N) is 1. The van der Waals surface area contributed by atoms with E-state index in [9.17, 15) is 18.0 Å². The van der Waals surface area contributed by atoms with Gasteiger partial charge in [-0.25, -0.2) is 8.42 Å². The highest BCUT2D eigenvalue weighted by Crippen LogP contribution is 2.31. The fourth-order valence-corrected chi connectivity index (χ4v) is 5.97. The summed E-state index contributed by atoms with van der Waals surface area (Å²) in [5.41, 5.74) is 0.778. The lowest BCUT2D eigenvalue weighted by molar-refractivity contribution is -0.140. The van der Waals surface area contributed by atoms with Crippen molar-refractivity contribution in [3.8, 4) is 0 Å². The number of sulfonamides is 1. The molecule has 0 aromatic heterocycles. The van der Waals surface area contributed by atoms with Crippen LogP contribution in [0.25, 0.3) is 0 Å². The Labute approximate surface area is 251 Å². The summed E-state index contributed by atoms with van der Waals surface area (Å²) in [4.78, 5) is 28.8. The number of amides is 2. The highest BCUT2D eigenvalue weighted by Gasteiger charge is 2.34. The topological polar surface area (TPSA) is 86.8 Å². The second-order valence-corrected chi connectivity index (χ2v) is 12.4. The standard InChI is InChI=1S/C29H32Cl3N3O4S/c1-4-20(3)33-29(37)27(5-2)34(18-21-11-9-10-14-24(21)30)28(36)19-35(22-15-16-25(31)26(32)17-22)40(38,39)23-12-7-6-8-13-23/h6-17,20,27H,4-5,18-19H2,1-3H3,(H,33,37)/t20-,27+/m1/s1. The Balaban J connectivity index is 2.08. The molecule has 0 heterocycles. The van der Waals surface area contributed by atoms with Crippen molar-refractivity contribution >= 4 is 62.3 Å². The Morgan fingerprint density at radius 1 is 0.850 bits per heavy atom. The molecule has 0 fully saturated rings. The van der Waals surface area contributed by atoms with E-state index in [1.807, 2.05) is 13.8 Å². The zero-order valence-electron chi connectivity index (χ0n) is 22.5. The van der Waals surface area contributed by atoms with Crippen LogP contribution < -0.4 is 9.62 Å². The first-order valence-electron chi connectivity index (χ1n) is 12.9. The van der Waals surface area contributed by atoms with Crippen LogP contribution in [0, 0.1) is 0 Å². The Morgan fingerprint density at radius 2 is 1.50 bits per heavy atom. The molecule has 3 aromatic rings. The first kappa shape index (κ1) is 31.7. The summed E-state index contributed by atoms with van der Waals surface area (Å²) >= 11 is 18.8. The summed E-state index contributed by atoms with van der Waals surface area (Å²) in [5, 5.41) is 3.74. The minimum absolute atomic E-state index is 0.00549. The van der Waals surface area contributed by atoms with Crippen molar-refractivity contribution in [3.05, 3.63) is 93.4 Å². The summed E-state index contributed by atoms with van der Waals surface area (Å²) in [6.07, 6.45) is 1.01. The molecule has 0 radical (unpaired) electrons. The number of carbonyl (C=O) groups is 2. The van der Waals surface area contributed by atoms with Crippen LogP contribution in [-0.2, 0) is 26.2 Å². The van der Waals surface area contributed by atoms with Gasteiger partial charge in [-0.1, -0.05) is 85.0 Å². The van der Waals surface area contributed by atoms with E-state index in [2.05, 4.69) is 5.32 Å². The number of hydrogen-bond donors (Lipinski definition) is 1. The smallest absolute Gasteiger partial charge is 0.264 e. The minimum atomic E-state index is -4.21. The van der Waals surface area contributed by atoms with Gasteiger partial charge in [-0.2, -0.15) is 0 Å². The molecule has 0 bridgehead atoms. The highest BCUT2D eigenvalue weighted by molar-refractivity contribution is 7.92. The van der Waals surface area contributed by atoms with Gasteiger partial charge in [0.25, 0.3) is 10.0 Å². The van der Waals surface area contributed by atoms with Crippen molar-refractivity contribution in [2.24, 2.45) is 0 Å². The normalized spacial score (nSPS) is 12.8. The largest absolute Gasteiger partial charge is 0.352 e. The molecule has 2 atom stereocenters. The Morgan fingerprint density at radius 3 is 2.10 bits per heavy atom. The number of anilines is 1. The molecule has 0 unspecified atom stereocenters. The fourth-order valence-electron chi connectivity index (χ4n) is 4.06. The molecule has 3 aromatic carbocycles. The van der Waals surface area contributed by atoms with Gasteiger partial charge < -0.3 is 10.2 Å². The molecule has 0 spiro atoms. The molecule has 0 saturated carbocycles. The Kier molecular flexibility index (Phi) is 11.3. The molecule has 0 aliphatic rings. The van der Waals surface area contributed by atoms with E-state index in [4.69, 9.17) is 34.8 Å². The second-order valence-electron chi connectivity index (χ2n) is 9.28. The monoisotopic (exact) mass is 623 g/mol. The number of hydrogen-bond acceptors (Lipinski definition) is 4. The first-order chi connectivity index (χ1) is 19.0. The molecule has 2 amide bonds. The van der Waals surface area contributed by atoms with Crippen LogP contribution in [0.15, 0.2) is 77.7 Å². The predicted molar refractivity (Wildman–Crippen MR) is 161 cm³/mol. The summed E-state index contributed by atoms with van der Waals surface area (Å²) in [5.74, 6) is -0.916. The van der Waals surface area contributed by atoms with Gasteiger partial charge in [-0.3, -0.25) is 13.9 Å². The summed E-state index contributed by atoms with van der Waals surface area (Å²) in [6, 6.07) is 18.1. The molecule has 0 saturated heterocycles. The number of benzene rings is 3. The van der Waals surface area contributed by atoms with Crippen LogP contribution in [0.3, 0.4) is 0 Å². The van der Waals surface area contributed by atoms with Gasteiger partial charge in [0.2, 0.25) is 11.8 Å². The summed E-state index contributed by atoms with van der Waals surface area (Å²) in [6.45, 7) is 5.04. The van der Waals surface area contributed by atoms with Gasteiger partial charge in [-0.05, 0) is 61.7 Å². The molecule has 11 heteroatoms. The average Bonchev–Trinajstić information content (AvgIpc) is 2.94. The third-order valence-electron chi connectivity index (χ3n) is 6.49. The molecule has 0 aliphatic carbocycles. The zero-order valence-corrected chi connectivity index (χ0v) is 25.6. The molecule has 1 N–H and O–H groups in total. The second kappa shape index (κ2) is 14.2. The number of rotatable bonds is 12. The Hall–Kier alpha value is -2.78. The van der Waals surface area contributed by atoms with Crippen molar-refractivity contribution in [2.75, 3.05) is 10.8 Å². The van der Waals surface area contributed by atoms with Crippen LogP contribution in [0.1, 0.15) is 39.2 Å². The minimum Gasteiger partial charge on any atom is -0.352 e. The van der Waals surface area contributed by atoms with E-state index in [0.29, 0.717) is 23.4 Å². The molecule has 7 nitrogen and oxygen atoms in total. The van der Waals surface area contributed by atoms with E-state index in [0.717, 1.165) is 4.31 Å². The van der Waals surface area contributed by atoms with Gasteiger partial charge in [0.15, 0.2) is 0 Å². The predicted octanol–water partition coefficient (Wildman–Crippen LogP) is 6.56. The number of halogens is 3. The lowest BCUT2D eigenvalue weighted by Gasteiger charge is -2.34. The van der Waals surface area contributed by atoms with E-state index in [-0.39, 0.29) is 39.1 Å². The summed E-state index contributed by atoms with van der Waals surface area (Å²) in [7, 11) is -4.21. The third-order valence-corrected chi connectivity index (χ3v) is 9.38. The maximum absolute atomic E-state index is 14.1. The molecular weight excluding hydrogens is 593 g/mol. The third kappa shape index (κ3) is 7.69. The van der Waals surface area contributed by atoms with Crippen LogP contribution in [0.5, 0.6) is 0 Å².